The van der Waals surface area contributed by atoms with Crippen molar-refractivity contribution in [3.05, 3.63) is 0 Å². The first-order chi connectivity index (χ1) is 11.5. The largest absolute Gasteiger partial charge is 0.355 e. The van der Waals surface area contributed by atoms with Gasteiger partial charge in [-0.15, -0.1) is 24.0 Å². The second-order valence-corrected chi connectivity index (χ2v) is 7.69. The second kappa shape index (κ2) is 11.6. The van der Waals surface area contributed by atoms with Crippen molar-refractivity contribution < 1.29 is 0 Å². The number of guanidine groups is 1. The fraction of sp³-hybridized carbons (Fsp3) is 0.944. The van der Waals surface area contributed by atoms with E-state index in [1.807, 2.05) is 7.05 Å². The highest BCUT2D eigenvalue weighted by molar-refractivity contribution is 14.0. The van der Waals surface area contributed by atoms with Crippen LogP contribution < -0.4 is 10.6 Å². The molecule has 0 aromatic heterocycles. The molecule has 2 saturated heterocycles. The van der Waals surface area contributed by atoms with Crippen molar-refractivity contribution in [2.75, 3.05) is 59.9 Å². The van der Waals surface area contributed by atoms with E-state index < -0.39 is 0 Å². The van der Waals surface area contributed by atoms with Gasteiger partial charge in [-0.05, 0) is 40.7 Å². The third-order valence-corrected chi connectivity index (χ3v) is 5.55. The van der Waals surface area contributed by atoms with Crippen LogP contribution in [0.25, 0.3) is 0 Å². The quantitative estimate of drug-likeness (QED) is 0.363. The van der Waals surface area contributed by atoms with E-state index in [2.05, 4.69) is 58.1 Å². The Morgan fingerprint density at radius 3 is 2.12 bits per heavy atom. The number of aliphatic imine (C=N–C) groups is 1. The molecule has 0 bridgehead atoms. The van der Waals surface area contributed by atoms with E-state index in [1.54, 1.807) is 0 Å². The lowest BCUT2D eigenvalue weighted by Crippen LogP contribution is -2.54. The maximum absolute atomic E-state index is 4.42. The van der Waals surface area contributed by atoms with E-state index in [0.29, 0.717) is 18.1 Å². The van der Waals surface area contributed by atoms with Crippen molar-refractivity contribution in [1.29, 1.82) is 0 Å². The summed E-state index contributed by atoms with van der Waals surface area (Å²) < 4.78 is 0. The normalized spacial score (nSPS) is 23.4. The van der Waals surface area contributed by atoms with Gasteiger partial charge in [0.05, 0.1) is 0 Å². The van der Waals surface area contributed by atoms with Gasteiger partial charge < -0.3 is 20.4 Å². The summed E-state index contributed by atoms with van der Waals surface area (Å²) in [5, 5.41) is 7.14. The Labute approximate surface area is 171 Å². The molecule has 2 aliphatic heterocycles. The van der Waals surface area contributed by atoms with Gasteiger partial charge >= 0.3 is 0 Å². The molecule has 6 nitrogen and oxygen atoms in total. The molecule has 2 rings (SSSR count). The van der Waals surface area contributed by atoms with Gasteiger partial charge in [-0.3, -0.25) is 9.89 Å². The molecule has 0 aliphatic carbocycles. The predicted octanol–water partition coefficient (Wildman–Crippen LogP) is 1.28. The van der Waals surface area contributed by atoms with Gasteiger partial charge in [0.15, 0.2) is 5.96 Å². The third-order valence-electron chi connectivity index (χ3n) is 5.55. The molecule has 1 atom stereocenters. The Kier molecular flexibility index (Phi) is 10.6. The number of rotatable bonds is 5. The van der Waals surface area contributed by atoms with E-state index >= 15 is 0 Å². The van der Waals surface area contributed by atoms with E-state index in [0.717, 1.165) is 12.5 Å². The summed E-state index contributed by atoms with van der Waals surface area (Å²) in [6, 6.07) is 1.75. The van der Waals surface area contributed by atoms with Gasteiger partial charge in [0.25, 0.3) is 0 Å². The van der Waals surface area contributed by atoms with E-state index in [4.69, 9.17) is 0 Å². The van der Waals surface area contributed by atoms with Crippen LogP contribution in [0.15, 0.2) is 4.99 Å². The number of piperazine rings is 1. The van der Waals surface area contributed by atoms with Gasteiger partial charge in [0, 0.05) is 71.0 Å². The first-order valence-electron chi connectivity index (χ1n) is 9.63. The molecule has 2 heterocycles. The molecular weight excluding hydrogens is 427 g/mol. The van der Waals surface area contributed by atoms with Crippen molar-refractivity contribution in [3.63, 3.8) is 0 Å². The summed E-state index contributed by atoms with van der Waals surface area (Å²) in [7, 11) is 4.08. The summed E-state index contributed by atoms with van der Waals surface area (Å²) in [6.45, 7) is 14.9. The Balaban J connectivity index is 0.00000312. The Morgan fingerprint density at radius 2 is 1.60 bits per heavy atom. The average molecular weight is 466 g/mol. The fourth-order valence-electron chi connectivity index (χ4n) is 3.58. The molecule has 0 spiro atoms. The molecule has 1 unspecified atom stereocenters. The molecule has 2 fully saturated rings. The average Bonchev–Trinajstić information content (AvgIpc) is 2.59. The number of hydrogen-bond donors (Lipinski definition) is 2. The number of halogens is 1. The van der Waals surface area contributed by atoms with Crippen LogP contribution in [0.3, 0.4) is 0 Å². The highest BCUT2D eigenvalue weighted by Crippen LogP contribution is 2.12. The van der Waals surface area contributed by atoms with Crippen molar-refractivity contribution in [1.82, 2.24) is 25.3 Å². The van der Waals surface area contributed by atoms with Gasteiger partial charge in [0.1, 0.15) is 0 Å². The van der Waals surface area contributed by atoms with Gasteiger partial charge in [-0.25, -0.2) is 0 Å². The number of likely N-dealkylation sites (tertiary alicyclic amines) is 1. The van der Waals surface area contributed by atoms with Crippen LogP contribution in [0, 0.1) is 0 Å². The molecule has 2 N–H and O–H groups in total. The van der Waals surface area contributed by atoms with Crippen molar-refractivity contribution in [2.45, 2.75) is 51.7 Å². The molecule has 0 saturated carbocycles. The SMILES string of the molecule is CN=C(NCC(C)N1CCN(C)CC1)NC1CCN(C(C)C)CC1.I. The first kappa shape index (κ1) is 22.9. The minimum absolute atomic E-state index is 0. The van der Waals surface area contributed by atoms with Crippen LogP contribution in [0.5, 0.6) is 0 Å². The minimum Gasteiger partial charge on any atom is -0.355 e. The van der Waals surface area contributed by atoms with E-state index in [9.17, 15) is 0 Å². The number of piperidine rings is 1. The molecule has 25 heavy (non-hydrogen) atoms. The summed E-state index contributed by atoms with van der Waals surface area (Å²) in [6.07, 6.45) is 2.40. The lowest BCUT2D eigenvalue weighted by Gasteiger charge is -2.37. The van der Waals surface area contributed by atoms with Crippen LogP contribution >= 0.6 is 24.0 Å². The van der Waals surface area contributed by atoms with Crippen LogP contribution in [0.4, 0.5) is 0 Å². The molecule has 0 radical (unpaired) electrons. The van der Waals surface area contributed by atoms with Crippen molar-refractivity contribution >= 4 is 29.9 Å². The first-order valence-corrected chi connectivity index (χ1v) is 9.63. The number of hydrogen-bond acceptors (Lipinski definition) is 4. The zero-order chi connectivity index (χ0) is 17.5. The molecule has 0 amide bonds. The van der Waals surface area contributed by atoms with Gasteiger partial charge in [-0.1, -0.05) is 0 Å². The highest BCUT2D eigenvalue weighted by atomic mass is 127. The minimum atomic E-state index is 0. The molecule has 7 heteroatoms. The summed E-state index contributed by atoms with van der Waals surface area (Å²) in [5.41, 5.74) is 0. The topological polar surface area (TPSA) is 46.1 Å². The molecule has 148 valence electrons. The monoisotopic (exact) mass is 466 g/mol. The number of nitrogens with one attached hydrogen (secondary N) is 2. The number of likely N-dealkylation sites (N-methyl/N-ethyl adjacent to an activating group) is 1. The second-order valence-electron chi connectivity index (χ2n) is 7.69. The molecular formula is C18H39IN6. The van der Waals surface area contributed by atoms with Crippen LogP contribution in [0.1, 0.15) is 33.6 Å². The van der Waals surface area contributed by atoms with Gasteiger partial charge in [0.2, 0.25) is 0 Å². The number of nitrogens with zero attached hydrogens (tertiary/aromatic N) is 4. The molecule has 0 aromatic rings. The zero-order valence-corrected chi connectivity index (χ0v) is 19.1. The maximum Gasteiger partial charge on any atom is 0.191 e. The highest BCUT2D eigenvalue weighted by Gasteiger charge is 2.22. The van der Waals surface area contributed by atoms with E-state index in [-0.39, 0.29) is 24.0 Å². The third kappa shape index (κ3) is 7.56. The zero-order valence-electron chi connectivity index (χ0n) is 16.8. The Morgan fingerprint density at radius 1 is 1.00 bits per heavy atom. The predicted molar refractivity (Wildman–Crippen MR) is 118 cm³/mol. The van der Waals surface area contributed by atoms with Crippen molar-refractivity contribution in [2.24, 2.45) is 4.99 Å². The van der Waals surface area contributed by atoms with Crippen LogP contribution in [0.2, 0.25) is 0 Å². The Hall–Kier alpha value is -0.120. The maximum atomic E-state index is 4.42. The van der Waals surface area contributed by atoms with Crippen molar-refractivity contribution in [3.8, 4) is 0 Å². The summed E-state index contributed by atoms with van der Waals surface area (Å²) >= 11 is 0. The smallest absolute Gasteiger partial charge is 0.191 e. The molecule has 0 aromatic carbocycles. The summed E-state index contributed by atoms with van der Waals surface area (Å²) in [4.78, 5) is 12.0. The standard InChI is InChI=1S/C18H38N6.HI/c1-15(2)23-8-6-17(7-9-23)21-18(19-4)20-14-16(3)24-12-10-22(5)11-13-24;/h15-17H,6-14H2,1-5H3,(H2,19,20,21);1H. The summed E-state index contributed by atoms with van der Waals surface area (Å²) in [5.74, 6) is 0.957. The van der Waals surface area contributed by atoms with E-state index in [1.165, 1.54) is 52.1 Å². The van der Waals surface area contributed by atoms with Crippen LogP contribution in [-0.4, -0.2) is 98.7 Å². The lowest BCUT2D eigenvalue weighted by atomic mass is 10.0. The lowest BCUT2D eigenvalue weighted by molar-refractivity contribution is 0.120. The fourth-order valence-corrected chi connectivity index (χ4v) is 3.58. The molecule has 2 aliphatic rings. The van der Waals surface area contributed by atoms with Crippen LogP contribution in [-0.2, 0) is 0 Å². The van der Waals surface area contributed by atoms with Gasteiger partial charge in [-0.2, -0.15) is 0 Å². The Bertz CT molecular complexity index is 387.